The third kappa shape index (κ3) is 3.96. The van der Waals surface area contributed by atoms with Crippen molar-refractivity contribution in [1.82, 2.24) is 24.3 Å². The van der Waals surface area contributed by atoms with Crippen LogP contribution in [0.15, 0.2) is 31.0 Å². The van der Waals surface area contributed by atoms with Crippen LogP contribution in [0.1, 0.15) is 5.82 Å². The van der Waals surface area contributed by atoms with Gasteiger partial charge in [-0.2, -0.15) is 0 Å². The summed E-state index contributed by atoms with van der Waals surface area (Å²) in [7, 11) is 2.17. The van der Waals surface area contributed by atoms with Crippen LogP contribution in [0.3, 0.4) is 0 Å². The van der Waals surface area contributed by atoms with Crippen molar-refractivity contribution in [3.8, 4) is 0 Å². The number of nitrogens with zero attached hydrogens (tertiary/aromatic N) is 5. The molecule has 0 saturated carbocycles. The summed E-state index contributed by atoms with van der Waals surface area (Å²) < 4.78 is 7.74. The van der Waals surface area contributed by atoms with Crippen LogP contribution in [0.25, 0.3) is 11.2 Å². The average molecular weight is 315 g/mol. The first-order chi connectivity index (χ1) is 11.3. The van der Waals surface area contributed by atoms with Gasteiger partial charge in [0, 0.05) is 38.9 Å². The highest BCUT2D eigenvalue weighted by Crippen LogP contribution is 2.16. The minimum absolute atomic E-state index is 0.577. The number of piperazine rings is 1. The molecule has 0 aromatic carbocycles. The van der Waals surface area contributed by atoms with E-state index < -0.39 is 0 Å². The van der Waals surface area contributed by atoms with Crippen molar-refractivity contribution in [2.24, 2.45) is 0 Å². The van der Waals surface area contributed by atoms with E-state index in [-0.39, 0.29) is 0 Å². The van der Waals surface area contributed by atoms with Crippen LogP contribution in [0.5, 0.6) is 0 Å². The van der Waals surface area contributed by atoms with Crippen LogP contribution in [-0.4, -0.2) is 70.8 Å². The number of fused-ring (bicyclic) bond motifs is 1. The molecule has 0 radical (unpaired) electrons. The SMILES string of the molecule is C=CCOCCn1c(CN2CCN(C)CC2)nc2cccnc21. The second-order valence-electron chi connectivity index (χ2n) is 5.97. The van der Waals surface area contributed by atoms with Gasteiger partial charge in [-0.15, -0.1) is 6.58 Å². The van der Waals surface area contributed by atoms with E-state index in [4.69, 9.17) is 9.72 Å². The van der Waals surface area contributed by atoms with Gasteiger partial charge < -0.3 is 14.2 Å². The maximum absolute atomic E-state index is 5.55. The Morgan fingerprint density at radius 3 is 2.91 bits per heavy atom. The van der Waals surface area contributed by atoms with Crippen molar-refractivity contribution in [2.75, 3.05) is 46.4 Å². The first-order valence-corrected chi connectivity index (χ1v) is 8.17. The number of ether oxygens (including phenoxy) is 1. The van der Waals surface area contributed by atoms with Crippen molar-refractivity contribution in [1.29, 1.82) is 0 Å². The molecular formula is C17H25N5O. The molecular weight excluding hydrogens is 290 g/mol. The van der Waals surface area contributed by atoms with E-state index in [1.165, 1.54) is 0 Å². The highest BCUT2D eigenvalue weighted by Gasteiger charge is 2.18. The van der Waals surface area contributed by atoms with Crippen LogP contribution in [0, 0.1) is 0 Å². The quantitative estimate of drug-likeness (QED) is 0.571. The predicted molar refractivity (Wildman–Crippen MR) is 91.3 cm³/mol. The van der Waals surface area contributed by atoms with Crippen molar-refractivity contribution >= 4 is 11.2 Å². The molecule has 0 aliphatic carbocycles. The second kappa shape index (κ2) is 7.68. The van der Waals surface area contributed by atoms with E-state index >= 15 is 0 Å². The number of likely N-dealkylation sites (N-methyl/N-ethyl adjacent to an activating group) is 1. The number of rotatable bonds is 7. The summed E-state index contributed by atoms with van der Waals surface area (Å²) in [5, 5.41) is 0. The highest BCUT2D eigenvalue weighted by molar-refractivity contribution is 5.71. The Morgan fingerprint density at radius 2 is 2.13 bits per heavy atom. The molecule has 2 aromatic heterocycles. The smallest absolute Gasteiger partial charge is 0.160 e. The Bertz CT molecular complexity index is 645. The fourth-order valence-corrected chi connectivity index (χ4v) is 2.89. The predicted octanol–water partition coefficient (Wildman–Crippen LogP) is 1.38. The van der Waals surface area contributed by atoms with E-state index in [1.54, 1.807) is 6.08 Å². The van der Waals surface area contributed by atoms with Crippen molar-refractivity contribution in [3.05, 3.63) is 36.8 Å². The van der Waals surface area contributed by atoms with Gasteiger partial charge in [0.1, 0.15) is 11.3 Å². The summed E-state index contributed by atoms with van der Waals surface area (Å²) in [5.41, 5.74) is 1.90. The molecule has 3 rings (SSSR count). The van der Waals surface area contributed by atoms with Gasteiger partial charge in [0.05, 0.1) is 19.8 Å². The summed E-state index contributed by atoms with van der Waals surface area (Å²) in [4.78, 5) is 14.1. The molecule has 0 amide bonds. The molecule has 1 aliphatic rings. The summed E-state index contributed by atoms with van der Waals surface area (Å²) in [6.45, 7) is 10.9. The van der Waals surface area contributed by atoms with Crippen molar-refractivity contribution in [2.45, 2.75) is 13.1 Å². The highest BCUT2D eigenvalue weighted by atomic mass is 16.5. The van der Waals surface area contributed by atoms with Crippen LogP contribution < -0.4 is 0 Å². The Labute approximate surface area is 137 Å². The second-order valence-corrected chi connectivity index (χ2v) is 5.97. The minimum Gasteiger partial charge on any atom is -0.376 e. The van der Waals surface area contributed by atoms with Gasteiger partial charge in [0.15, 0.2) is 5.65 Å². The molecule has 1 saturated heterocycles. The molecule has 0 unspecified atom stereocenters. The molecule has 6 heteroatoms. The van der Waals surface area contributed by atoms with Gasteiger partial charge in [0.2, 0.25) is 0 Å². The number of aromatic nitrogens is 3. The average Bonchev–Trinajstić information content (AvgIpc) is 2.91. The minimum atomic E-state index is 0.577. The van der Waals surface area contributed by atoms with E-state index in [1.807, 2.05) is 18.3 Å². The molecule has 3 heterocycles. The zero-order chi connectivity index (χ0) is 16.1. The standard InChI is InChI=1S/C17H25N5O/c1-3-12-23-13-11-22-16(14-21-9-7-20(2)8-10-21)19-15-5-4-6-18-17(15)22/h3-6H,1,7-14H2,2H3. The van der Waals surface area contributed by atoms with Gasteiger partial charge in [0.25, 0.3) is 0 Å². The Hall–Kier alpha value is -1.76. The molecule has 1 aliphatic heterocycles. The van der Waals surface area contributed by atoms with Crippen LogP contribution in [0.2, 0.25) is 0 Å². The normalized spacial score (nSPS) is 16.9. The van der Waals surface area contributed by atoms with Crippen LogP contribution in [0.4, 0.5) is 0 Å². The number of imidazole rings is 1. The van der Waals surface area contributed by atoms with Crippen LogP contribution in [-0.2, 0) is 17.8 Å². The topological polar surface area (TPSA) is 46.4 Å². The lowest BCUT2D eigenvalue weighted by molar-refractivity contribution is 0.138. The number of pyridine rings is 1. The summed E-state index contributed by atoms with van der Waals surface area (Å²) in [6, 6.07) is 3.96. The van der Waals surface area contributed by atoms with Crippen LogP contribution >= 0.6 is 0 Å². The molecule has 6 nitrogen and oxygen atoms in total. The van der Waals surface area contributed by atoms with Gasteiger partial charge >= 0.3 is 0 Å². The molecule has 1 fully saturated rings. The van der Waals surface area contributed by atoms with Crippen molar-refractivity contribution in [3.63, 3.8) is 0 Å². The molecule has 0 bridgehead atoms. The van der Waals surface area contributed by atoms with Gasteiger partial charge in [-0.3, -0.25) is 4.90 Å². The fourth-order valence-electron chi connectivity index (χ4n) is 2.89. The molecule has 0 spiro atoms. The lowest BCUT2D eigenvalue weighted by atomic mass is 10.3. The molecule has 23 heavy (non-hydrogen) atoms. The number of hydrogen-bond donors (Lipinski definition) is 0. The summed E-state index contributed by atoms with van der Waals surface area (Å²) in [5.74, 6) is 1.07. The monoisotopic (exact) mass is 315 g/mol. The maximum atomic E-state index is 5.55. The maximum Gasteiger partial charge on any atom is 0.160 e. The lowest BCUT2D eigenvalue weighted by Crippen LogP contribution is -2.44. The zero-order valence-electron chi connectivity index (χ0n) is 13.8. The molecule has 2 aromatic rings. The van der Waals surface area contributed by atoms with Crippen molar-refractivity contribution < 1.29 is 4.74 Å². The largest absolute Gasteiger partial charge is 0.376 e. The van der Waals surface area contributed by atoms with E-state index in [2.05, 4.69) is 33.0 Å². The Morgan fingerprint density at radius 1 is 1.30 bits per heavy atom. The number of hydrogen-bond acceptors (Lipinski definition) is 5. The van der Waals surface area contributed by atoms with Gasteiger partial charge in [-0.25, -0.2) is 9.97 Å². The summed E-state index contributed by atoms with van der Waals surface area (Å²) in [6.07, 6.45) is 3.60. The van der Waals surface area contributed by atoms with E-state index in [9.17, 15) is 0 Å². The third-order valence-electron chi connectivity index (χ3n) is 4.24. The zero-order valence-corrected chi connectivity index (χ0v) is 13.8. The lowest BCUT2D eigenvalue weighted by Gasteiger charge is -2.32. The fraction of sp³-hybridized carbons (Fsp3) is 0.529. The first-order valence-electron chi connectivity index (χ1n) is 8.17. The third-order valence-corrected chi connectivity index (χ3v) is 4.24. The van der Waals surface area contributed by atoms with Gasteiger partial charge in [-0.1, -0.05) is 6.08 Å². The Balaban J connectivity index is 1.76. The molecule has 0 atom stereocenters. The van der Waals surface area contributed by atoms with E-state index in [0.717, 1.165) is 56.3 Å². The van der Waals surface area contributed by atoms with E-state index in [0.29, 0.717) is 13.2 Å². The summed E-state index contributed by atoms with van der Waals surface area (Å²) >= 11 is 0. The van der Waals surface area contributed by atoms with Gasteiger partial charge in [-0.05, 0) is 19.2 Å². The molecule has 0 N–H and O–H groups in total. The molecule has 124 valence electrons. The Kier molecular flexibility index (Phi) is 5.38. The first kappa shape index (κ1) is 16.1.